The fraction of sp³-hybridized carbons (Fsp3) is 0.917. The largest absolute Gasteiger partial charge is 0.368 e. The molecule has 0 aromatic carbocycles. The minimum atomic E-state index is -0.264. The van der Waals surface area contributed by atoms with Crippen LogP contribution in [0.3, 0.4) is 0 Å². The predicted molar refractivity (Wildman–Crippen MR) is 115 cm³/mol. The van der Waals surface area contributed by atoms with Crippen LogP contribution in [-0.2, 0) is 14.3 Å². The Morgan fingerprint density at radius 1 is 0.967 bits per heavy atom. The fourth-order valence-electron chi connectivity index (χ4n) is 7.79. The molecule has 0 spiro atoms. The Balaban J connectivity index is 1.38. The maximum absolute atomic E-state index is 13.4. The van der Waals surface area contributed by atoms with Gasteiger partial charge in [0, 0.05) is 32.2 Å². The second kappa shape index (κ2) is 8.42. The smallest absolute Gasteiger partial charge is 0.252 e. The van der Waals surface area contributed by atoms with Crippen LogP contribution in [0, 0.1) is 17.8 Å². The minimum Gasteiger partial charge on any atom is -0.368 e. The molecule has 1 N–H and O–H groups in total. The van der Waals surface area contributed by atoms with Crippen LogP contribution >= 0.6 is 0 Å². The van der Waals surface area contributed by atoms with Gasteiger partial charge in [-0.1, -0.05) is 6.42 Å². The van der Waals surface area contributed by atoms with Gasteiger partial charge in [-0.15, -0.1) is 0 Å². The van der Waals surface area contributed by atoms with Crippen LogP contribution in [0.15, 0.2) is 0 Å². The molecule has 0 aromatic rings. The highest BCUT2D eigenvalue weighted by molar-refractivity contribution is 5.82. The van der Waals surface area contributed by atoms with E-state index in [2.05, 4.69) is 22.0 Å². The summed E-state index contributed by atoms with van der Waals surface area (Å²) in [6.45, 7) is 6.34. The monoisotopic (exact) mass is 417 g/mol. The van der Waals surface area contributed by atoms with Crippen molar-refractivity contribution in [2.24, 2.45) is 17.8 Å². The average Bonchev–Trinajstić information content (AvgIpc) is 3.43. The number of rotatable bonds is 2. The quantitative estimate of drug-likeness (QED) is 0.750. The Morgan fingerprint density at radius 2 is 1.83 bits per heavy atom. The van der Waals surface area contributed by atoms with Crippen LogP contribution in [0.2, 0.25) is 0 Å². The number of nitrogens with one attached hydrogen (secondary N) is 1. The Bertz CT molecular complexity index is 664. The Labute approximate surface area is 181 Å². The third-order valence-corrected chi connectivity index (χ3v) is 8.98. The zero-order valence-corrected chi connectivity index (χ0v) is 18.7. The summed E-state index contributed by atoms with van der Waals surface area (Å²) in [4.78, 5) is 30.2. The van der Waals surface area contributed by atoms with E-state index in [-0.39, 0.29) is 36.0 Å². The molecule has 0 aromatic heterocycles. The minimum absolute atomic E-state index is 0.0868. The van der Waals surface area contributed by atoms with Gasteiger partial charge in [0.2, 0.25) is 5.91 Å². The van der Waals surface area contributed by atoms with E-state index in [0.717, 1.165) is 37.5 Å². The van der Waals surface area contributed by atoms with Gasteiger partial charge in [-0.05, 0) is 82.6 Å². The van der Waals surface area contributed by atoms with E-state index in [1.807, 2.05) is 0 Å². The van der Waals surface area contributed by atoms with Crippen molar-refractivity contribution in [2.45, 2.75) is 102 Å². The summed E-state index contributed by atoms with van der Waals surface area (Å²) in [5.41, 5.74) is 0. The van der Waals surface area contributed by atoms with Crippen molar-refractivity contribution in [3.05, 3.63) is 0 Å². The first-order chi connectivity index (χ1) is 14.5. The lowest BCUT2D eigenvalue weighted by Gasteiger charge is -2.55. The molecular weight excluding hydrogens is 378 g/mol. The molecule has 2 saturated carbocycles. The van der Waals surface area contributed by atoms with Crippen molar-refractivity contribution in [3.8, 4) is 0 Å². The van der Waals surface area contributed by atoms with Crippen molar-refractivity contribution in [1.29, 1.82) is 0 Å². The molecule has 8 atom stereocenters. The maximum Gasteiger partial charge on any atom is 0.252 e. The van der Waals surface area contributed by atoms with E-state index in [1.54, 1.807) is 6.92 Å². The van der Waals surface area contributed by atoms with Crippen molar-refractivity contribution in [3.63, 3.8) is 0 Å². The van der Waals surface area contributed by atoms with Gasteiger partial charge in [-0.2, -0.15) is 0 Å². The molecule has 30 heavy (non-hydrogen) atoms. The number of fused-ring (bicyclic) bond motifs is 2. The highest BCUT2D eigenvalue weighted by atomic mass is 16.5. The van der Waals surface area contributed by atoms with E-state index < -0.39 is 0 Å². The average molecular weight is 418 g/mol. The SMILES string of the molecule is CC(=O)N1C2CCC(C3CCCC4NCCC43)CC2N(C(=O)C2CCCO2)C[C@@H]1C. The Morgan fingerprint density at radius 3 is 2.60 bits per heavy atom. The van der Waals surface area contributed by atoms with Gasteiger partial charge in [0.05, 0.1) is 12.1 Å². The number of hydrogen-bond acceptors (Lipinski definition) is 4. The predicted octanol–water partition coefficient (Wildman–Crippen LogP) is 2.56. The zero-order valence-electron chi connectivity index (χ0n) is 18.7. The van der Waals surface area contributed by atoms with Crippen LogP contribution in [0.5, 0.6) is 0 Å². The first-order valence-corrected chi connectivity index (χ1v) is 12.5. The molecule has 2 aliphatic carbocycles. The number of ether oxygens (including phenoxy) is 1. The third-order valence-electron chi connectivity index (χ3n) is 8.98. The van der Waals surface area contributed by atoms with Gasteiger partial charge < -0.3 is 19.9 Å². The second-order valence-corrected chi connectivity index (χ2v) is 10.6. The number of piperazine rings is 1. The van der Waals surface area contributed by atoms with E-state index >= 15 is 0 Å². The van der Waals surface area contributed by atoms with Crippen LogP contribution in [0.4, 0.5) is 0 Å². The van der Waals surface area contributed by atoms with Gasteiger partial charge in [0.25, 0.3) is 5.91 Å². The number of hydrogen-bond donors (Lipinski definition) is 1. The molecule has 3 heterocycles. The number of carbonyl (C=O) groups is 2. The van der Waals surface area contributed by atoms with Gasteiger partial charge in [-0.3, -0.25) is 9.59 Å². The molecular formula is C24H39N3O3. The van der Waals surface area contributed by atoms with Gasteiger partial charge in [-0.25, -0.2) is 0 Å². The summed E-state index contributed by atoms with van der Waals surface area (Å²) in [5, 5.41) is 3.74. The molecule has 0 bridgehead atoms. The zero-order chi connectivity index (χ0) is 20.8. The first kappa shape index (κ1) is 20.7. The highest BCUT2D eigenvalue weighted by Gasteiger charge is 2.50. The van der Waals surface area contributed by atoms with Gasteiger partial charge >= 0.3 is 0 Å². The molecule has 6 heteroatoms. The summed E-state index contributed by atoms with van der Waals surface area (Å²) < 4.78 is 5.78. The van der Waals surface area contributed by atoms with Crippen LogP contribution in [-0.4, -0.2) is 71.6 Å². The summed E-state index contributed by atoms with van der Waals surface area (Å²) in [5.74, 6) is 2.62. The lowest BCUT2D eigenvalue weighted by atomic mass is 9.64. The standard InChI is InChI=1S/C24H39N3O3/c1-15-14-26(24(29)23-7-4-12-30-23)22-13-17(8-9-21(22)27(15)16(2)28)18-5-3-6-20-19(18)10-11-25-20/h15,17-23,25H,3-14H2,1-2H3/t15-,17?,18?,19?,20?,21?,22?,23?/m0/s1. The summed E-state index contributed by atoms with van der Waals surface area (Å²) in [6.07, 6.45) is 10.2. The number of amides is 2. The van der Waals surface area contributed by atoms with Crippen molar-refractivity contribution < 1.29 is 14.3 Å². The first-order valence-electron chi connectivity index (χ1n) is 12.5. The fourth-order valence-corrected chi connectivity index (χ4v) is 7.79. The van der Waals surface area contributed by atoms with E-state index in [4.69, 9.17) is 4.74 Å². The second-order valence-electron chi connectivity index (χ2n) is 10.6. The molecule has 7 unspecified atom stereocenters. The van der Waals surface area contributed by atoms with Crippen LogP contribution in [0.25, 0.3) is 0 Å². The molecule has 5 aliphatic rings. The third kappa shape index (κ3) is 3.58. The number of carbonyl (C=O) groups excluding carboxylic acids is 2. The Kier molecular flexibility index (Phi) is 5.82. The number of nitrogens with zero attached hydrogens (tertiary/aromatic N) is 2. The highest BCUT2D eigenvalue weighted by Crippen LogP contribution is 2.47. The molecule has 5 fully saturated rings. The molecule has 2 amide bonds. The molecule has 168 valence electrons. The molecule has 0 radical (unpaired) electrons. The van der Waals surface area contributed by atoms with Crippen molar-refractivity contribution in [2.75, 3.05) is 19.7 Å². The van der Waals surface area contributed by atoms with Gasteiger partial charge in [0.15, 0.2) is 0 Å². The van der Waals surface area contributed by atoms with Gasteiger partial charge in [0.1, 0.15) is 6.10 Å². The molecule has 3 saturated heterocycles. The summed E-state index contributed by atoms with van der Waals surface area (Å²) in [6, 6.07) is 1.14. The van der Waals surface area contributed by atoms with Crippen molar-refractivity contribution in [1.82, 2.24) is 15.1 Å². The lowest BCUT2D eigenvalue weighted by molar-refractivity contribution is -0.160. The normalized spacial score (nSPS) is 43.9. The van der Waals surface area contributed by atoms with E-state index in [0.29, 0.717) is 25.1 Å². The topological polar surface area (TPSA) is 61.9 Å². The molecule has 3 aliphatic heterocycles. The lowest BCUT2D eigenvalue weighted by Crippen LogP contribution is -2.68. The summed E-state index contributed by atoms with van der Waals surface area (Å²) in [7, 11) is 0. The Hall–Kier alpha value is -1.14. The van der Waals surface area contributed by atoms with Crippen molar-refractivity contribution >= 4 is 11.8 Å². The van der Waals surface area contributed by atoms with E-state index in [9.17, 15) is 9.59 Å². The molecule has 5 rings (SSSR count). The maximum atomic E-state index is 13.4. The van der Waals surface area contributed by atoms with E-state index in [1.165, 1.54) is 38.6 Å². The summed E-state index contributed by atoms with van der Waals surface area (Å²) >= 11 is 0. The van der Waals surface area contributed by atoms with Crippen LogP contribution < -0.4 is 5.32 Å². The molecule has 6 nitrogen and oxygen atoms in total. The van der Waals surface area contributed by atoms with Crippen LogP contribution in [0.1, 0.15) is 71.6 Å².